The summed E-state index contributed by atoms with van der Waals surface area (Å²) in [5.41, 5.74) is 1.06. The molecule has 0 saturated heterocycles. The lowest BCUT2D eigenvalue weighted by molar-refractivity contribution is 0.108. The van der Waals surface area contributed by atoms with Crippen molar-refractivity contribution in [2.45, 2.75) is 52.7 Å². The average molecular weight is 264 g/mol. The van der Waals surface area contributed by atoms with Crippen LogP contribution in [0.3, 0.4) is 0 Å². The Morgan fingerprint density at radius 3 is 2.53 bits per heavy atom. The second-order valence-electron chi connectivity index (χ2n) is 5.80. The van der Waals surface area contributed by atoms with E-state index in [1.807, 2.05) is 18.3 Å². The average Bonchev–Trinajstić information content (AvgIpc) is 2.42. The predicted octanol–water partition coefficient (Wildman–Crippen LogP) is 3.17. The Balaban J connectivity index is 2.61. The fraction of sp³-hybridized carbons (Fsp3) is 0.688. The summed E-state index contributed by atoms with van der Waals surface area (Å²) in [4.78, 5) is 4.43. The van der Waals surface area contributed by atoms with Crippen LogP contribution in [0.15, 0.2) is 24.4 Å². The molecule has 0 amide bonds. The zero-order valence-corrected chi connectivity index (χ0v) is 12.6. The van der Waals surface area contributed by atoms with Crippen LogP contribution >= 0.6 is 0 Å². The molecule has 1 rings (SSSR count). The first kappa shape index (κ1) is 16.1. The summed E-state index contributed by atoms with van der Waals surface area (Å²) >= 11 is 0. The molecule has 0 aliphatic heterocycles. The van der Waals surface area contributed by atoms with Gasteiger partial charge in [-0.2, -0.15) is 0 Å². The Morgan fingerprint density at radius 2 is 2.00 bits per heavy atom. The normalized spacial score (nSPS) is 16.3. The number of hydrogen-bond acceptors (Lipinski definition) is 3. The fourth-order valence-electron chi connectivity index (χ4n) is 2.10. The Labute approximate surface area is 117 Å². The second kappa shape index (κ2) is 8.28. The molecule has 0 aliphatic rings. The van der Waals surface area contributed by atoms with E-state index in [1.54, 1.807) is 0 Å². The highest BCUT2D eigenvalue weighted by molar-refractivity contribution is 5.08. The maximum Gasteiger partial charge on any atom is 0.0690 e. The summed E-state index contributed by atoms with van der Waals surface area (Å²) in [5.74, 6) is 0.927. The molecule has 0 spiro atoms. The van der Waals surface area contributed by atoms with Crippen LogP contribution in [0.5, 0.6) is 0 Å². The number of aromatic nitrogens is 1. The van der Waals surface area contributed by atoms with Gasteiger partial charge < -0.3 is 10.4 Å². The van der Waals surface area contributed by atoms with Gasteiger partial charge in [0, 0.05) is 18.8 Å². The lowest BCUT2D eigenvalue weighted by Crippen LogP contribution is -2.34. The molecule has 2 N–H and O–H groups in total. The van der Waals surface area contributed by atoms with Gasteiger partial charge >= 0.3 is 0 Å². The first-order valence-corrected chi connectivity index (χ1v) is 7.37. The van der Waals surface area contributed by atoms with E-state index >= 15 is 0 Å². The van der Waals surface area contributed by atoms with Crippen molar-refractivity contribution in [3.8, 4) is 0 Å². The molecule has 3 atom stereocenters. The van der Waals surface area contributed by atoms with E-state index in [1.165, 1.54) is 0 Å². The highest BCUT2D eigenvalue weighted by Gasteiger charge is 2.18. The number of rotatable bonds is 8. The van der Waals surface area contributed by atoms with Gasteiger partial charge in [0.2, 0.25) is 0 Å². The zero-order chi connectivity index (χ0) is 14.3. The topological polar surface area (TPSA) is 45.1 Å². The summed E-state index contributed by atoms with van der Waals surface area (Å²) in [5, 5.41) is 13.5. The van der Waals surface area contributed by atoms with Gasteiger partial charge in [0.15, 0.2) is 0 Å². The molecule has 1 aromatic rings. The van der Waals surface area contributed by atoms with Gasteiger partial charge in [-0.3, -0.25) is 4.98 Å². The fourth-order valence-corrected chi connectivity index (χ4v) is 2.10. The SMILES string of the molecule is CCC(C)C(O)CNC(CC(C)C)c1ccccn1. The maximum atomic E-state index is 10.1. The molecule has 3 unspecified atom stereocenters. The van der Waals surface area contributed by atoms with E-state index in [-0.39, 0.29) is 12.1 Å². The van der Waals surface area contributed by atoms with Crippen LogP contribution in [0.1, 0.15) is 52.3 Å². The molecule has 0 bridgehead atoms. The van der Waals surface area contributed by atoms with Gasteiger partial charge in [0.25, 0.3) is 0 Å². The molecule has 0 aromatic carbocycles. The number of nitrogens with zero attached hydrogens (tertiary/aromatic N) is 1. The Bertz CT molecular complexity index is 340. The molecule has 0 aliphatic carbocycles. The van der Waals surface area contributed by atoms with E-state index in [0.717, 1.165) is 18.5 Å². The van der Waals surface area contributed by atoms with Crippen LogP contribution < -0.4 is 5.32 Å². The van der Waals surface area contributed by atoms with Gasteiger partial charge in [-0.25, -0.2) is 0 Å². The predicted molar refractivity (Wildman–Crippen MR) is 79.9 cm³/mol. The summed E-state index contributed by atoms with van der Waals surface area (Å²) in [7, 11) is 0. The van der Waals surface area contributed by atoms with Crippen molar-refractivity contribution in [2.24, 2.45) is 11.8 Å². The van der Waals surface area contributed by atoms with E-state index < -0.39 is 0 Å². The zero-order valence-electron chi connectivity index (χ0n) is 12.6. The minimum Gasteiger partial charge on any atom is -0.392 e. The van der Waals surface area contributed by atoms with Gasteiger partial charge in [-0.05, 0) is 30.4 Å². The standard InChI is InChI=1S/C16H28N2O/c1-5-13(4)16(19)11-18-15(10-12(2)3)14-8-6-7-9-17-14/h6-9,12-13,15-16,18-19H,5,10-11H2,1-4H3. The third-order valence-corrected chi connectivity index (χ3v) is 3.63. The Hall–Kier alpha value is -0.930. The third-order valence-electron chi connectivity index (χ3n) is 3.63. The highest BCUT2D eigenvalue weighted by Crippen LogP contribution is 2.19. The van der Waals surface area contributed by atoms with Crippen molar-refractivity contribution in [3.63, 3.8) is 0 Å². The number of nitrogens with one attached hydrogen (secondary N) is 1. The molecular formula is C16H28N2O. The lowest BCUT2D eigenvalue weighted by Gasteiger charge is -2.24. The van der Waals surface area contributed by atoms with E-state index in [2.05, 4.69) is 44.1 Å². The van der Waals surface area contributed by atoms with Crippen molar-refractivity contribution < 1.29 is 5.11 Å². The molecular weight excluding hydrogens is 236 g/mol. The van der Waals surface area contributed by atoms with Crippen molar-refractivity contribution in [1.82, 2.24) is 10.3 Å². The minimum atomic E-state index is -0.289. The molecule has 1 heterocycles. The van der Waals surface area contributed by atoms with Crippen LogP contribution in [0.2, 0.25) is 0 Å². The first-order valence-electron chi connectivity index (χ1n) is 7.37. The second-order valence-corrected chi connectivity index (χ2v) is 5.80. The largest absolute Gasteiger partial charge is 0.392 e. The molecule has 1 aromatic heterocycles. The van der Waals surface area contributed by atoms with Crippen molar-refractivity contribution >= 4 is 0 Å². The summed E-state index contributed by atoms with van der Waals surface area (Å²) in [6.45, 7) is 9.25. The summed E-state index contributed by atoms with van der Waals surface area (Å²) < 4.78 is 0. The number of hydrogen-bond donors (Lipinski definition) is 2. The maximum absolute atomic E-state index is 10.1. The van der Waals surface area contributed by atoms with Crippen LogP contribution in [-0.4, -0.2) is 22.7 Å². The lowest BCUT2D eigenvalue weighted by atomic mass is 9.98. The molecule has 0 fully saturated rings. The highest BCUT2D eigenvalue weighted by atomic mass is 16.3. The van der Waals surface area contributed by atoms with Crippen LogP contribution in [-0.2, 0) is 0 Å². The van der Waals surface area contributed by atoms with E-state index in [4.69, 9.17) is 0 Å². The molecule has 0 saturated carbocycles. The summed E-state index contributed by atoms with van der Waals surface area (Å²) in [6.07, 6.45) is 3.57. The number of aliphatic hydroxyl groups excluding tert-OH is 1. The number of pyridine rings is 1. The van der Waals surface area contributed by atoms with E-state index in [9.17, 15) is 5.11 Å². The van der Waals surface area contributed by atoms with Crippen molar-refractivity contribution in [1.29, 1.82) is 0 Å². The van der Waals surface area contributed by atoms with Gasteiger partial charge in [0.05, 0.1) is 11.8 Å². The van der Waals surface area contributed by atoms with Gasteiger partial charge in [-0.1, -0.05) is 40.2 Å². The Morgan fingerprint density at radius 1 is 1.26 bits per heavy atom. The van der Waals surface area contributed by atoms with Gasteiger partial charge in [0.1, 0.15) is 0 Å². The van der Waals surface area contributed by atoms with Crippen LogP contribution in [0.4, 0.5) is 0 Å². The quantitative estimate of drug-likeness (QED) is 0.758. The number of aliphatic hydroxyl groups is 1. The summed E-state index contributed by atoms with van der Waals surface area (Å²) in [6, 6.07) is 6.22. The minimum absolute atomic E-state index is 0.222. The molecule has 3 nitrogen and oxygen atoms in total. The first-order chi connectivity index (χ1) is 9.04. The molecule has 3 heteroatoms. The molecule has 0 radical (unpaired) electrons. The van der Waals surface area contributed by atoms with Crippen LogP contribution in [0.25, 0.3) is 0 Å². The Kier molecular flexibility index (Phi) is 7.03. The monoisotopic (exact) mass is 264 g/mol. The van der Waals surface area contributed by atoms with E-state index in [0.29, 0.717) is 18.4 Å². The van der Waals surface area contributed by atoms with Gasteiger partial charge in [-0.15, -0.1) is 0 Å². The molecule has 19 heavy (non-hydrogen) atoms. The van der Waals surface area contributed by atoms with Crippen LogP contribution in [0, 0.1) is 11.8 Å². The third kappa shape index (κ3) is 5.70. The van der Waals surface area contributed by atoms with Crippen molar-refractivity contribution in [2.75, 3.05) is 6.54 Å². The van der Waals surface area contributed by atoms with Crippen molar-refractivity contribution in [3.05, 3.63) is 30.1 Å². The molecule has 108 valence electrons. The smallest absolute Gasteiger partial charge is 0.0690 e.